The maximum Gasteiger partial charge on any atom is 0.0321 e. The van der Waals surface area contributed by atoms with E-state index in [1.807, 2.05) is 6.07 Å². The Hall–Kier alpha value is -1.02. The Bertz CT molecular complexity index is 294. The Morgan fingerprint density at radius 3 is 2.79 bits per heavy atom. The number of nitrogen functional groups attached to an aromatic ring is 1. The summed E-state index contributed by atoms with van der Waals surface area (Å²) in [5, 5.41) is 3.53. The van der Waals surface area contributed by atoms with Gasteiger partial charge in [0.05, 0.1) is 0 Å². The number of benzene rings is 1. The molecule has 1 fully saturated rings. The van der Waals surface area contributed by atoms with Crippen molar-refractivity contribution in [2.24, 2.45) is 0 Å². The summed E-state index contributed by atoms with van der Waals surface area (Å²) in [6.07, 6.45) is 3.87. The summed E-state index contributed by atoms with van der Waals surface area (Å²) in [6, 6.07) is 6.87. The summed E-state index contributed by atoms with van der Waals surface area (Å²) in [6.45, 7) is 3.24. The molecule has 0 aliphatic carbocycles. The number of nitrogens with one attached hydrogen (secondary N) is 1. The Kier molecular flexibility index (Phi) is 2.73. The van der Waals surface area contributed by atoms with Crippen LogP contribution in [0.2, 0.25) is 0 Å². The molecular formula is C12H18N2. The van der Waals surface area contributed by atoms with E-state index in [2.05, 4.69) is 24.4 Å². The molecule has 1 saturated heterocycles. The Labute approximate surface area is 85.5 Å². The van der Waals surface area contributed by atoms with Gasteiger partial charge in [-0.15, -0.1) is 0 Å². The molecule has 1 aromatic rings. The highest BCUT2D eigenvalue weighted by molar-refractivity contribution is 5.45. The van der Waals surface area contributed by atoms with Gasteiger partial charge >= 0.3 is 0 Å². The molecule has 0 saturated carbocycles. The molecule has 2 rings (SSSR count). The first-order chi connectivity index (χ1) is 6.75. The number of hydrogen-bond acceptors (Lipinski definition) is 2. The summed E-state index contributed by atoms with van der Waals surface area (Å²) in [5.41, 5.74) is 9.33. The maximum absolute atomic E-state index is 5.84. The lowest BCUT2D eigenvalue weighted by atomic mass is 9.96. The number of nitrogens with two attached hydrogens (primary N) is 1. The Balaban J connectivity index is 2.21. The van der Waals surface area contributed by atoms with E-state index in [4.69, 9.17) is 5.73 Å². The SMILES string of the molecule is Cc1cc(N)cc([C@@H]2CCCCN2)c1. The van der Waals surface area contributed by atoms with Crippen LogP contribution in [-0.2, 0) is 0 Å². The van der Waals surface area contributed by atoms with Gasteiger partial charge in [0.2, 0.25) is 0 Å². The van der Waals surface area contributed by atoms with Crippen molar-refractivity contribution in [2.45, 2.75) is 32.2 Å². The van der Waals surface area contributed by atoms with Crippen LogP contribution in [0.4, 0.5) is 5.69 Å². The Morgan fingerprint density at radius 2 is 2.14 bits per heavy atom. The minimum atomic E-state index is 0.519. The third-order valence-corrected chi connectivity index (χ3v) is 2.83. The van der Waals surface area contributed by atoms with Gasteiger partial charge < -0.3 is 11.1 Å². The first-order valence-electron chi connectivity index (χ1n) is 5.36. The van der Waals surface area contributed by atoms with E-state index in [0.29, 0.717) is 6.04 Å². The van der Waals surface area contributed by atoms with E-state index in [-0.39, 0.29) is 0 Å². The Morgan fingerprint density at radius 1 is 1.29 bits per heavy atom. The minimum Gasteiger partial charge on any atom is -0.399 e. The van der Waals surface area contributed by atoms with Crippen molar-refractivity contribution >= 4 is 5.69 Å². The van der Waals surface area contributed by atoms with Crippen molar-refractivity contribution in [2.75, 3.05) is 12.3 Å². The quantitative estimate of drug-likeness (QED) is 0.667. The number of rotatable bonds is 1. The van der Waals surface area contributed by atoms with Crippen molar-refractivity contribution < 1.29 is 0 Å². The topological polar surface area (TPSA) is 38.0 Å². The lowest BCUT2D eigenvalue weighted by Gasteiger charge is -2.24. The second-order valence-corrected chi connectivity index (χ2v) is 4.18. The normalized spacial score (nSPS) is 22.2. The molecule has 0 spiro atoms. The molecule has 2 nitrogen and oxygen atoms in total. The van der Waals surface area contributed by atoms with Crippen molar-refractivity contribution in [3.05, 3.63) is 29.3 Å². The number of piperidine rings is 1. The second kappa shape index (κ2) is 4.01. The summed E-state index contributed by atoms with van der Waals surface area (Å²) < 4.78 is 0. The zero-order valence-corrected chi connectivity index (χ0v) is 8.72. The van der Waals surface area contributed by atoms with Gasteiger partial charge in [0.25, 0.3) is 0 Å². The molecule has 2 heteroatoms. The third kappa shape index (κ3) is 2.07. The molecule has 76 valence electrons. The highest BCUT2D eigenvalue weighted by Crippen LogP contribution is 2.25. The molecule has 14 heavy (non-hydrogen) atoms. The van der Waals surface area contributed by atoms with Crippen LogP contribution in [0.5, 0.6) is 0 Å². The van der Waals surface area contributed by atoms with Gasteiger partial charge in [-0.05, 0) is 49.6 Å². The number of hydrogen-bond donors (Lipinski definition) is 2. The van der Waals surface area contributed by atoms with Crippen molar-refractivity contribution in [1.29, 1.82) is 0 Å². The zero-order chi connectivity index (χ0) is 9.97. The van der Waals surface area contributed by atoms with Crippen LogP contribution >= 0.6 is 0 Å². The molecule has 0 bridgehead atoms. The molecule has 1 aliphatic rings. The van der Waals surface area contributed by atoms with Crippen LogP contribution in [0.1, 0.15) is 36.4 Å². The lowest BCUT2D eigenvalue weighted by Crippen LogP contribution is -2.26. The van der Waals surface area contributed by atoms with Crippen LogP contribution in [0.15, 0.2) is 18.2 Å². The van der Waals surface area contributed by atoms with E-state index < -0.39 is 0 Å². The van der Waals surface area contributed by atoms with Crippen LogP contribution in [0.25, 0.3) is 0 Å². The number of anilines is 1. The molecule has 0 amide bonds. The summed E-state index contributed by atoms with van der Waals surface area (Å²) >= 11 is 0. The first kappa shape index (κ1) is 9.53. The van der Waals surface area contributed by atoms with Crippen LogP contribution in [0.3, 0.4) is 0 Å². The largest absolute Gasteiger partial charge is 0.399 e. The fourth-order valence-electron chi connectivity index (χ4n) is 2.18. The highest BCUT2D eigenvalue weighted by atomic mass is 14.9. The average molecular weight is 190 g/mol. The van der Waals surface area contributed by atoms with Gasteiger partial charge in [-0.3, -0.25) is 0 Å². The zero-order valence-electron chi connectivity index (χ0n) is 8.72. The predicted molar refractivity (Wildman–Crippen MR) is 60.2 cm³/mol. The summed E-state index contributed by atoms with van der Waals surface area (Å²) in [5.74, 6) is 0. The van der Waals surface area contributed by atoms with Crippen molar-refractivity contribution in [3.63, 3.8) is 0 Å². The van der Waals surface area contributed by atoms with Crippen molar-refractivity contribution in [1.82, 2.24) is 5.32 Å². The molecule has 3 N–H and O–H groups in total. The lowest BCUT2D eigenvalue weighted by molar-refractivity contribution is 0.412. The number of aryl methyl sites for hydroxylation is 1. The fourth-order valence-corrected chi connectivity index (χ4v) is 2.18. The third-order valence-electron chi connectivity index (χ3n) is 2.83. The average Bonchev–Trinajstić information content (AvgIpc) is 2.18. The van der Waals surface area contributed by atoms with Crippen molar-refractivity contribution in [3.8, 4) is 0 Å². The molecule has 1 aliphatic heterocycles. The smallest absolute Gasteiger partial charge is 0.0321 e. The minimum absolute atomic E-state index is 0.519. The van der Waals surface area contributed by atoms with Gasteiger partial charge in [0, 0.05) is 11.7 Å². The van der Waals surface area contributed by atoms with Crippen LogP contribution < -0.4 is 11.1 Å². The van der Waals surface area contributed by atoms with E-state index >= 15 is 0 Å². The van der Waals surface area contributed by atoms with Gasteiger partial charge in [-0.2, -0.15) is 0 Å². The van der Waals surface area contributed by atoms with E-state index in [0.717, 1.165) is 12.2 Å². The van der Waals surface area contributed by atoms with E-state index in [1.54, 1.807) is 0 Å². The van der Waals surface area contributed by atoms with E-state index in [1.165, 1.54) is 30.4 Å². The van der Waals surface area contributed by atoms with Crippen LogP contribution in [-0.4, -0.2) is 6.54 Å². The van der Waals surface area contributed by atoms with E-state index in [9.17, 15) is 0 Å². The van der Waals surface area contributed by atoms with Gasteiger partial charge in [-0.25, -0.2) is 0 Å². The first-order valence-corrected chi connectivity index (χ1v) is 5.36. The van der Waals surface area contributed by atoms with Crippen LogP contribution in [0, 0.1) is 6.92 Å². The molecular weight excluding hydrogens is 172 g/mol. The molecule has 0 radical (unpaired) electrons. The monoisotopic (exact) mass is 190 g/mol. The van der Waals surface area contributed by atoms with Gasteiger partial charge in [0.1, 0.15) is 0 Å². The molecule has 1 aromatic carbocycles. The fraction of sp³-hybridized carbons (Fsp3) is 0.500. The highest BCUT2D eigenvalue weighted by Gasteiger charge is 2.14. The summed E-state index contributed by atoms with van der Waals surface area (Å²) in [7, 11) is 0. The second-order valence-electron chi connectivity index (χ2n) is 4.18. The standard InChI is InChI=1S/C12H18N2/c1-9-6-10(8-11(13)7-9)12-4-2-3-5-14-12/h6-8,12,14H,2-5,13H2,1H3/t12-/m0/s1. The maximum atomic E-state index is 5.84. The van der Waals surface area contributed by atoms with Gasteiger partial charge in [-0.1, -0.05) is 12.5 Å². The molecule has 0 aromatic heterocycles. The molecule has 1 atom stereocenters. The van der Waals surface area contributed by atoms with Gasteiger partial charge in [0.15, 0.2) is 0 Å². The molecule has 1 heterocycles. The summed E-state index contributed by atoms with van der Waals surface area (Å²) in [4.78, 5) is 0. The molecule has 0 unspecified atom stereocenters. The predicted octanol–water partition coefficient (Wildman–Crippen LogP) is 2.39.